The van der Waals surface area contributed by atoms with E-state index in [0.29, 0.717) is 5.41 Å². The van der Waals surface area contributed by atoms with Gasteiger partial charge in [-0.1, -0.05) is 69.5 Å². The molecule has 0 atom stereocenters. The van der Waals surface area contributed by atoms with Crippen LogP contribution in [0.15, 0.2) is 42.5 Å². The second-order valence-corrected chi connectivity index (χ2v) is 7.34. The summed E-state index contributed by atoms with van der Waals surface area (Å²) in [5, 5.41) is 0. The highest BCUT2D eigenvalue weighted by atomic mass is 14.6. The van der Waals surface area contributed by atoms with Gasteiger partial charge < -0.3 is 5.73 Å². The molecule has 0 amide bonds. The van der Waals surface area contributed by atoms with E-state index in [9.17, 15) is 0 Å². The van der Waals surface area contributed by atoms with E-state index in [1.807, 2.05) is 0 Å². The van der Waals surface area contributed by atoms with E-state index in [1.54, 1.807) is 5.56 Å². The third-order valence-corrected chi connectivity index (χ3v) is 5.61. The smallest absolute Gasteiger partial charge is 0.0346 e. The van der Waals surface area contributed by atoms with Gasteiger partial charge in [0.25, 0.3) is 0 Å². The molecule has 0 bridgehead atoms. The van der Waals surface area contributed by atoms with Crippen molar-refractivity contribution >= 4 is 5.69 Å². The van der Waals surface area contributed by atoms with Gasteiger partial charge in [-0.3, -0.25) is 0 Å². The molecule has 0 radical (unpaired) electrons. The summed E-state index contributed by atoms with van der Waals surface area (Å²) in [6, 6.07) is 15.6. The Morgan fingerprint density at radius 1 is 0.957 bits per heavy atom. The average molecular weight is 307 g/mol. The monoisotopic (exact) mass is 307 g/mol. The number of rotatable bonds is 4. The first kappa shape index (κ1) is 16.1. The minimum absolute atomic E-state index is 0.357. The quantitative estimate of drug-likeness (QED) is 0.726. The summed E-state index contributed by atoms with van der Waals surface area (Å²) in [5.41, 5.74) is 13.0. The molecule has 0 heterocycles. The first-order valence-electron chi connectivity index (χ1n) is 9.08. The summed E-state index contributed by atoms with van der Waals surface area (Å²) in [4.78, 5) is 0. The number of hydrogen-bond donors (Lipinski definition) is 1. The third kappa shape index (κ3) is 3.44. The summed E-state index contributed by atoms with van der Waals surface area (Å²) < 4.78 is 0. The SMILES string of the molecule is CCc1cc(Cc2ccccc2C2(C)CCCCC2)ccc1N. The summed E-state index contributed by atoms with van der Waals surface area (Å²) in [7, 11) is 0. The first-order valence-corrected chi connectivity index (χ1v) is 9.08. The van der Waals surface area contributed by atoms with E-state index in [1.165, 1.54) is 48.8 Å². The molecule has 0 aliphatic heterocycles. The fourth-order valence-corrected chi connectivity index (χ4v) is 4.16. The van der Waals surface area contributed by atoms with Gasteiger partial charge in [0.15, 0.2) is 0 Å². The van der Waals surface area contributed by atoms with Crippen molar-refractivity contribution in [3.63, 3.8) is 0 Å². The van der Waals surface area contributed by atoms with Gasteiger partial charge >= 0.3 is 0 Å². The number of nitrogens with two attached hydrogens (primary N) is 1. The first-order chi connectivity index (χ1) is 11.1. The van der Waals surface area contributed by atoms with Gasteiger partial charge in [0.05, 0.1) is 0 Å². The predicted octanol–water partition coefficient (Wildman–Crippen LogP) is 5.64. The fourth-order valence-electron chi connectivity index (χ4n) is 4.16. The molecule has 1 aliphatic rings. The molecule has 0 saturated heterocycles. The van der Waals surface area contributed by atoms with E-state index in [2.05, 4.69) is 56.3 Å². The Kier molecular flexibility index (Phi) is 4.75. The van der Waals surface area contributed by atoms with E-state index in [4.69, 9.17) is 5.73 Å². The molecule has 23 heavy (non-hydrogen) atoms. The minimum Gasteiger partial charge on any atom is -0.399 e. The summed E-state index contributed by atoms with van der Waals surface area (Å²) in [5.74, 6) is 0. The number of anilines is 1. The van der Waals surface area contributed by atoms with Crippen molar-refractivity contribution < 1.29 is 0 Å². The number of nitrogen functional groups attached to an aromatic ring is 1. The van der Waals surface area contributed by atoms with Crippen LogP contribution in [0.25, 0.3) is 0 Å². The lowest BCUT2D eigenvalue weighted by atomic mass is 9.69. The maximum absolute atomic E-state index is 6.06. The summed E-state index contributed by atoms with van der Waals surface area (Å²) in [6.07, 6.45) is 8.80. The molecule has 122 valence electrons. The maximum atomic E-state index is 6.06. The van der Waals surface area contributed by atoms with Crippen molar-refractivity contribution in [3.05, 3.63) is 64.7 Å². The lowest BCUT2D eigenvalue weighted by molar-refractivity contribution is 0.318. The Hall–Kier alpha value is -1.76. The molecule has 3 rings (SSSR count). The predicted molar refractivity (Wildman–Crippen MR) is 99.9 cm³/mol. The van der Waals surface area contributed by atoms with Crippen LogP contribution in [-0.2, 0) is 18.3 Å². The van der Waals surface area contributed by atoms with E-state index < -0.39 is 0 Å². The lowest BCUT2D eigenvalue weighted by Crippen LogP contribution is -2.26. The molecule has 1 heteroatoms. The Morgan fingerprint density at radius 3 is 2.43 bits per heavy atom. The van der Waals surface area contributed by atoms with Gasteiger partial charge in [-0.05, 0) is 59.4 Å². The molecule has 1 nitrogen and oxygen atoms in total. The van der Waals surface area contributed by atoms with Crippen LogP contribution in [0.2, 0.25) is 0 Å². The molecule has 1 saturated carbocycles. The molecule has 1 fully saturated rings. The molecular formula is C22H29N. The topological polar surface area (TPSA) is 26.0 Å². The number of aryl methyl sites for hydroxylation is 1. The highest BCUT2D eigenvalue weighted by Gasteiger charge is 2.30. The van der Waals surface area contributed by atoms with E-state index in [-0.39, 0.29) is 0 Å². The van der Waals surface area contributed by atoms with Crippen molar-refractivity contribution in [1.82, 2.24) is 0 Å². The van der Waals surface area contributed by atoms with Crippen LogP contribution >= 0.6 is 0 Å². The van der Waals surface area contributed by atoms with E-state index in [0.717, 1.165) is 18.5 Å². The van der Waals surface area contributed by atoms with Crippen LogP contribution in [0.1, 0.15) is 68.2 Å². The van der Waals surface area contributed by atoms with Crippen molar-refractivity contribution in [2.75, 3.05) is 5.73 Å². The van der Waals surface area contributed by atoms with Gasteiger partial charge in [0.1, 0.15) is 0 Å². The Balaban J connectivity index is 1.92. The lowest BCUT2D eigenvalue weighted by Gasteiger charge is -2.36. The molecule has 0 unspecified atom stereocenters. The summed E-state index contributed by atoms with van der Waals surface area (Å²) in [6.45, 7) is 4.64. The molecule has 2 aromatic carbocycles. The zero-order chi connectivity index (χ0) is 16.3. The van der Waals surface area contributed by atoms with Crippen molar-refractivity contribution in [1.29, 1.82) is 0 Å². The van der Waals surface area contributed by atoms with Gasteiger partial charge in [-0.2, -0.15) is 0 Å². The highest BCUT2D eigenvalue weighted by molar-refractivity contribution is 5.50. The highest BCUT2D eigenvalue weighted by Crippen LogP contribution is 2.40. The second-order valence-electron chi connectivity index (χ2n) is 7.34. The molecule has 2 aromatic rings. The van der Waals surface area contributed by atoms with Crippen LogP contribution < -0.4 is 5.73 Å². The van der Waals surface area contributed by atoms with Crippen LogP contribution in [0, 0.1) is 0 Å². The molecule has 2 N–H and O–H groups in total. The minimum atomic E-state index is 0.357. The van der Waals surface area contributed by atoms with Crippen molar-refractivity contribution in [3.8, 4) is 0 Å². The number of hydrogen-bond acceptors (Lipinski definition) is 1. The van der Waals surface area contributed by atoms with E-state index >= 15 is 0 Å². The normalized spacial score (nSPS) is 17.1. The Bertz CT molecular complexity index is 665. The summed E-state index contributed by atoms with van der Waals surface area (Å²) >= 11 is 0. The average Bonchev–Trinajstić information content (AvgIpc) is 2.57. The largest absolute Gasteiger partial charge is 0.399 e. The second kappa shape index (κ2) is 6.78. The van der Waals surface area contributed by atoms with Crippen LogP contribution in [0.5, 0.6) is 0 Å². The van der Waals surface area contributed by atoms with Gasteiger partial charge in [-0.25, -0.2) is 0 Å². The Morgan fingerprint density at radius 2 is 1.70 bits per heavy atom. The van der Waals surface area contributed by atoms with Crippen LogP contribution in [-0.4, -0.2) is 0 Å². The molecule has 0 aromatic heterocycles. The molecular weight excluding hydrogens is 278 g/mol. The number of benzene rings is 2. The zero-order valence-corrected chi connectivity index (χ0v) is 14.6. The zero-order valence-electron chi connectivity index (χ0n) is 14.6. The van der Waals surface area contributed by atoms with Crippen molar-refractivity contribution in [2.45, 2.75) is 64.2 Å². The van der Waals surface area contributed by atoms with Crippen LogP contribution in [0.3, 0.4) is 0 Å². The van der Waals surface area contributed by atoms with Crippen LogP contribution in [0.4, 0.5) is 5.69 Å². The van der Waals surface area contributed by atoms with Gasteiger partial charge in [0.2, 0.25) is 0 Å². The van der Waals surface area contributed by atoms with Gasteiger partial charge in [-0.15, -0.1) is 0 Å². The third-order valence-electron chi connectivity index (χ3n) is 5.61. The molecule has 1 aliphatic carbocycles. The standard InChI is InChI=1S/C22H29N/c1-3-18-15-17(11-12-21(18)23)16-19-9-5-6-10-20(19)22(2)13-7-4-8-14-22/h5-6,9-12,15H,3-4,7-8,13-14,16,23H2,1-2H3. The Labute approximate surface area is 140 Å². The van der Waals surface area contributed by atoms with Gasteiger partial charge in [0, 0.05) is 5.69 Å². The van der Waals surface area contributed by atoms with Crippen molar-refractivity contribution in [2.24, 2.45) is 0 Å². The maximum Gasteiger partial charge on any atom is 0.0346 e. The fraction of sp³-hybridized carbons (Fsp3) is 0.455. The molecule has 0 spiro atoms.